The Labute approximate surface area is 149 Å². The van der Waals surface area contributed by atoms with Gasteiger partial charge >= 0.3 is 0 Å². The molecular weight excluding hydrogens is 354 g/mol. The summed E-state index contributed by atoms with van der Waals surface area (Å²) in [5.41, 5.74) is 2.41. The summed E-state index contributed by atoms with van der Waals surface area (Å²) in [7, 11) is 0. The Balaban J connectivity index is 1.63. The van der Waals surface area contributed by atoms with Crippen molar-refractivity contribution < 1.29 is 14.4 Å². The molecule has 0 aromatic heterocycles. The van der Waals surface area contributed by atoms with Crippen molar-refractivity contribution in [3.8, 4) is 5.75 Å². The van der Waals surface area contributed by atoms with Crippen LogP contribution in [0, 0.1) is 25.7 Å². The van der Waals surface area contributed by atoms with Crippen molar-refractivity contribution >= 4 is 15.9 Å². The van der Waals surface area contributed by atoms with Gasteiger partial charge in [0.25, 0.3) is 0 Å². The second kappa shape index (κ2) is 9.05. The number of nitrogens with one attached hydrogen (secondary N) is 1. The van der Waals surface area contributed by atoms with Gasteiger partial charge in [0.05, 0.1) is 30.8 Å². The van der Waals surface area contributed by atoms with Crippen LogP contribution < -0.4 is 9.64 Å². The van der Waals surface area contributed by atoms with Crippen molar-refractivity contribution in [2.75, 3.05) is 39.5 Å². The molecule has 1 aliphatic rings. The lowest BCUT2D eigenvalue weighted by molar-refractivity contribution is -0.912. The highest BCUT2D eigenvalue weighted by Gasteiger charge is 2.24. The minimum Gasteiger partial charge on any atom is -0.490 e. The van der Waals surface area contributed by atoms with Crippen LogP contribution in [0.3, 0.4) is 0 Å². The average molecular weight is 385 g/mol. The van der Waals surface area contributed by atoms with Crippen LogP contribution in [0.2, 0.25) is 0 Å². The molecule has 4 heteroatoms. The Hall–Kier alpha value is -0.580. The standard InChI is InChI=1S/C19H30BrNO2/c1-14-10-17(4)19(18(20)11-14)23-8-7-22-6-5-21-12-15(2)9-16(3)13-21/h10-11,15-16H,5-9,12-13H2,1-4H3/p+1/t15-,16-/m0/s1. The van der Waals surface area contributed by atoms with Crippen LogP contribution in [-0.4, -0.2) is 39.5 Å². The summed E-state index contributed by atoms with van der Waals surface area (Å²) in [6, 6.07) is 4.23. The first kappa shape index (κ1) is 18.8. The highest BCUT2D eigenvalue weighted by atomic mass is 79.9. The molecule has 130 valence electrons. The fourth-order valence-corrected chi connectivity index (χ4v) is 4.52. The first-order valence-electron chi connectivity index (χ1n) is 8.76. The van der Waals surface area contributed by atoms with E-state index in [9.17, 15) is 0 Å². The van der Waals surface area contributed by atoms with Crippen LogP contribution in [0.1, 0.15) is 31.4 Å². The Kier molecular flexibility index (Phi) is 7.38. The molecule has 1 aromatic carbocycles. The Morgan fingerprint density at radius 1 is 1.09 bits per heavy atom. The quantitative estimate of drug-likeness (QED) is 0.730. The van der Waals surface area contributed by atoms with Crippen molar-refractivity contribution in [2.45, 2.75) is 34.1 Å². The van der Waals surface area contributed by atoms with Crippen molar-refractivity contribution in [3.05, 3.63) is 27.7 Å². The van der Waals surface area contributed by atoms with Crippen LogP contribution in [-0.2, 0) is 4.74 Å². The largest absolute Gasteiger partial charge is 0.490 e. The number of quaternary nitrogens is 1. The first-order valence-corrected chi connectivity index (χ1v) is 9.56. The van der Waals surface area contributed by atoms with E-state index in [-0.39, 0.29) is 0 Å². The lowest BCUT2D eigenvalue weighted by Crippen LogP contribution is -3.14. The molecule has 1 N–H and O–H groups in total. The van der Waals surface area contributed by atoms with Gasteiger partial charge in [-0.15, -0.1) is 0 Å². The SMILES string of the molecule is Cc1cc(C)c(OCCOCC[NH+]2C[C@@H](C)C[C@H](C)C2)c(Br)c1. The molecule has 1 aromatic rings. The van der Waals surface area contributed by atoms with Crippen LogP contribution >= 0.6 is 15.9 Å². The molecule has 1 aliphatic heterocycles. The monoisotopic (exact) mass is 384 g/mol. The molecule has 2 rings (SSSR count). The summed E-state index contributed by atoms with van der Waals surface area (Å²) in [5.74, 6) is 2.63. The predicted octanol–water partition coefficient (Wildman–Crippen LogP) is 3.02. The molecule has 23 heavy (non-hydrogen) atoms. The Morgan fingerprint density at radius 3 is 2.43 bits per heavy atom. The van der Waals surface area contributed by atoms with Gasteiger partial charge in [-0.05, 0) is 53.4 Å². The number of hydrogen-bond donors (Lipinski definition) is 1. The average Bonchev–Trinajstić information content (AvgIpc) is 2.43. The molecule has 0 saturated carbocycles. The first-order chi connectivity index (χ1) is 11.0. The van der Waals surface area contributed by atoms with E-state index in [4.69, 9.17) is 9.47 Å². The molecule has 0 spiro atoms. The third-order valence-corrected chi connectivity index (χ3v) is 5.12. The zero-order chi connectivity index (χ0) is 16.8. The fourth-order valence-electron chi connectivity index (χ4n) is 3.73. The van der Waals surface area contributed by atoms with E-state index in [1.54, 1.807) is 4.90 Å². The molecule has 0 bridgehead atoms. The number of hydrogen-bond acceptors (Lipinski definition) is 2. The molecule has 1 heterocycles. The lowest BCUT2D eigenvalue weighted by Gasteiger charge is -2.31. The van der Waals surface area contributed by atoms with Gasteiger partial charge in [-0.1, -0.05) is 19.9 Å². The van der Waals surface area contributed by atoms with Gasteiger partial charge in [-0.2, -0.15) is 0 Å². The van der Waals surface area contributed by atoms with E-state index in [1.165, 1.54) is 25.1 Å². The van der Waals surface area contributed by atoms with E-state index in [0.29, 0.717) is 13.2 Å². The molecule has 0 amide bonds. The second-order valence-corrected chi connectivity index (χ2v) is 8.06. The third-order valence-electron chi connectivity index (χ3n) is 4.53. The number of likely N-dealkylation sites (tertiary alicyclic amines) is 1. The van der Waals surface area contributed by atoms with Gasteiger partial charge in [-0.3, -0.25) is 0 Å². The number of rotatable bonds is 7. The highest BCUT2D eigenvalue weighted by Crippen LogP contribution is 2.30. The van der Waals surface area contributed by atoms with Gasteiger partial charge in [0.1, 0.15) is 18.9 Å². The number of benzene rings is 1. The summed E-state index contributed by atoms with van der Waals surface area (Å²) in [6.45, 7) is 14.7. The van der Waals surface area contributed by atoms with E-state index in [2.05, 4.69) is 55.8 Å². The maximum atomic E-state index is 5.87. The summed E-state index contributed by atoms with van der Waals surface area (Å²) >= 11 is 3.57. The molecule has 0 aliphatic carbocycles. The van der Waals surface area contributed by atoms with E-state index >= 15 is 0 Å². The summed E-state index contributed by atoms with van der Waals surface area (Å²) in [4.78, 5) is 1.69. The smallest absolute Gasteiger partial charge is 0.136 e. The van der Waals surface area contributed by atoms with E-state index < -0.39 is 0 Å². The molecule has 2 atom stereocenters. The number of ether oxygens (including phenoxy) is 2. The molecule has 1 saturated heterocycles. The number of halogens is 1. The topological polar surface area (TPSA) is 22.9 Å². The van der Waals surface area contributed by atoms with Gasteiger partial charge < -0.3 is 14.4 Å². The lowest BCUT2D eigenvalue weighted by atomic mass is 9.92. The summed E-state index contributed by atoms with van der Waals surface area (Å²) < 4.78 is 12.7. The fraction of sp³-hybridized carbons (Fsp3) is 0.684. The Bertz CT molecular complexity index is 473. The van der Waals surface area contributed by atoms with Crippen LogP contribution in [0.25, 0.3) is 0 Å². The maximum absolute atomic E-state index is 5.87. The third kappa shape index (κ3) is 6.09. The molecule has 3 nitrogen and oxygen atoms in total. The maximum Gasteiger partial charge on any atom is 0.136 e. The van der Waals surface area contributed by atoms with E-state index in [0.717, 1.165) is 40.8 Å². The van der Waals surface area contributed by atoms with Gasteiger partial charge in [0.2, 0.25) is 0 Å². The van der Waals surface area contributed by atoms with Gasteiger partial charge in [-0.25, -0.2) is 0 Å². The minimum atomic E-state index is 0.602. The zero-order valence-electron chi connectivity index (χ0n) is 15.0. The van der Waals surface area contributed by atoms with Crippen molar-refractivity contribution in [1.29, 1.82) is 0 Å². The summed E-state index contributed by atoms with van der Waals surface area (Å²) in [6.07, 6.45) is 1.38. The normalized spacial score (nSPS) is 24.7. The molecule has 0 unspecified atom stereocenters. The van der Waals surface area contributed by atoms with Crippen LogP contribution in [0.5, 0.6) is 5.75 Å². The van der Waals surface area contributed by atoms with Crippen molar-refractivity contribution in [1.82, 2.24) is 0 Å². The molecular formula is C19H31BrNO2+. The number of aryl methyl sites for hydroxylation is 2. The van der Waals surface area contributed by atoms with Crippen molar-refractivity contribution in [2.24, 2.45) is 11.8 Å². The highest BCUT2D eigenvalue weighted by molar-refractivity contribution is 9.10. The molecule has 0 radical (unpaired) electrons. The van der Waals surface area contributed by atoms with Gasteiger partial charge in [0.15, 0.2) is 0 Å². The van der Waals surface area contributed by atoms with Crippen molar-refractivity contribution in [3.63, 3.8) is 0 Å². The zero-order valence-corrected chi connectivity index (χ0v) is 16.5. The minimum absolute atomic E-state index is 0.602. The number of piperidine rings is 1. The Morgan fingerprint density at radius 2 is 1.78 bits per heavy atom. The summed E-state index contributed by atoms with van der Waals surface area (Å²) in [5, 5.41) is 0. The van der Waals surface area contributed by atoms with Crippen LogP contribution in [0.15, 0.2) is 16.6 Å². The van der Waals surface area contributed by atoms with E-state index in [1.807, 2.05) is 0 Å². The second-order valence-electron chi connectivity index (χ2n) is 7.21. The molecule has 1 fully saturated rings. The van der Waals surface area contributed by atoms with Crippen LogP contribution in [0.4, 0.5) is 0 Å². The predicted molar refractivity (Wildman–Crippen MR) is 98.4 cm³/mol. The van der Waals surface area contributed by atoms with Gasteiger partial charge in [0, 0.05) is 11.8 Å².